The standard InChI is InChI=1S/3C14H14O3.5C13H12O3/c1-9-2-4-10(5-3-9)6-12-13(16)7-11(15)8-14(12)17;1-9-2-4-10(5-3-9)8-11-6-7-12(15)14(17)13(11)16;1-9-11(7-10-5-3-2-4-6-10)8-12(15)14(17)13(9)16;14-11-4-1-9(2-5-11)7-10-3-6-12(15)8-13(10)16;14-11-4-1-9(2-5-11)7-10-3-6-12(15)13(16)8-10;14-10-7-12(15)11(13(16)8-10)6-9-4-2-1-3-5-9;14-11-7-10(8-12(15)13(11)16)6-9-4-2-1-3-5-9;14-11-7-6-10(12(15)13(11)16)8-9-4-2-1-3-5-9/h2-5,7-8,15-17H,6H2,1H3;2-7,15-17H,8H2,1H3;2-6,8,15-17H,7H2,1H3;2*1-6,8,14-16H,7H2;2*1-5,7-8,14-16H,6H2;1-7,14-16H,8H2. The lowest BCUT2D eigenvalue weighted by Gasteiger charge is -2.10. The van der Waals surface area contributed by atoms with E-state index < -0.39 is 23.0 Å². The maximum Gasteiger partial charge on any atom is 0.200 e. The van der Waals surface area contributed by atoms with Crippen molar-refractivity contribution in [1.29, 1.82) is 0 Å². The summed E-state index contributed by atoms with van der Waals surface area (Å²) in [7, 11) is 0. The molecule has 0 aliphatic carbocycles. The fraction of sp³-hybridized carbons (Fsp3) is 0.103. The van der Waals surface area contributed by atoms with Gasteiger partial charge in [-0.3, -0.25) is 0 Å². The molecule has 674 valence electrons. The normalized spacial score (nSPS) is 10.3. The maximum absolute atomic E-state index is 9.68. The van der Waals surface area contributed by atoms with Gasteiger partial charge in [0, 0.05) is 84.7 Å². The third kappa shape index (κ3) is 30.0. The summed E-state index contributed by atoms with van der Waals surface area (Å²) in [6, 6.07) is 92.5. The lowest BCUT2D eigenvalue weighted by molar-refractivity contribution is 0.365. The Morgan fingerprint density at radius 1 is 0.145 bits per heavy atom. The van der Waals surface area contributed by atoms with E-state index in [1.807, 2.05) is 196 Å². The Hall–Kier alpha value is -17.3. The van der Waals surface area contributed by atoms with Gasteiger partial charge in [-0.15, -0.1) is 0 Å². The van der Waals surface area contributed by atoms with Gasteiger partial charge in [-0.1, -0.05) is 230 Å². The number of aryl methyl sites for hydroxylation is 2. The Labute approximate surface area is 755 Å². The van der Waals surface area contributed by atoms with Gasteiger partial charge in [-0.05, 0) is 185 Å². The van der Waals surface area contributed by atoms with E-state index >= 15 is 0 Å². The topological polar surface area (TPSA) is 486 Å². The maximum atomic E-state index is 9.68. The van der Waals surface area contributed by atoms with Gasteiger partial charge in [-0.2, -0.15) is 0 Å². The fourth-order valence-electron chi connectivity index (χ4n) is 13.0. The highest BCUT2D eigenvalue weighted by Crippen LogP contribution is 2.43. The second kappa shape index (κ2) is 47.2. The van der Waals surface area contributed by atoms with E-state index in [-0.39, 0.29) is 115 Å². The van der Waals surface area contributed by atoms with Crippen molar-refractivity contribution in [2.24, 2.45) is 0 Å². The molecule has 0 unspecified atom stereocenters. The summed E-state index contributed by atoms with van der Waals surface area (Å²) in [5, 5.41) is 225. The van der Waals surface area contributed by atoms with E-state index in [0.29, 0.717) is 79.2 Å². The van der Waals surface area contributed by atoms with Gasteiger partial charge in [0.05, 0.1) is 0 Å². The van der Waals surface area contributed by atoms with Crippen LogP contribution in [-0.4, -0.2) is 123 Å². The minimum Gasteiger partial charge on any atom is -0.508 e. The average molecular weight is 1770 g/mol. The summed E-state index contributed by atoms with van der Waals surface area (Å²) in [5.74, 6) is -4.47. The van der Waals surface area contributed by atoms with E-state index in [2.05, 4.69) is 0 Å². The second-order valence-corrected chi connectivity index (χ2v) is 30.5. The molecular weight excluding hydrogens is 1670 g/mol. The smallest absolute Gasteiger partial charge is 0.200 e. The fourth-order valence-corrected chi connectivity index (χ4v) is 13.0. The highest BCUT2D eigenvalue weighted by atomic mass is 16.4. The van der Waals surface area contributed by atoms with Gasteiger partial charge in [0.1, 0.15) is 57.5 Å². The highest BCUT2D eigenvalue weighted by molar-refractivity contribution is 5.60. The molecular formula is C107H102O24. The van der Waals surface area contributed by atoms with Crippen molar-refractivity contribution in [2.75, 3.05) is 0 Å². The number of hydrogen-bond acceptors (Lipinski definition) is 24. The molecule has 0 atom stereocenters. The average Bonchev–Trinajstić information content (AvgIpc) is 0.814. The molecule has 24 heteroatoms. The van der Waals surface area contributed by atoms with Gasteiger partial charge < -0.3 is 123 Å². The van der Waals surface area contributed by atoms with Crippen LogP contribution in [0.25, 0.3) is 0 Å². The van der Waals surface area contributed by atoms with Gasteiger partial charge in [-0.25, -0.2) is 0 Å². The molecule has 0 spiro atoms. The summed E-state index contributed by atoms with van der Waals surface area (Å²) >= 11 is 0. The molecule has 0 saturated carbocycles. The molecule has 0 amide bonds. The van der Waals surface area contributed by atoms with Crippen LogP contribution in [0.15, 0.2) is 322 Å². The molecule has 0 aliphatic heterocycles. The summed E-state index contributed by atoms with van der Waals surface area (Å²) in [6.07, 6.45) is 4.30. The Kier molecular flexibility index (Phi) is 35.1. The van der Waals surface area contributed by atoms with E-state index in [4.69, 9.17) is 25.5 Å². The molecule has 0 fully saturated rings. The molecule has 16 rings (SSSR count). The Morgan fingerprint density at radius 2 is 0.420 bits per heavy atom. The van der Waals surface area contributed by atoms with Crippen LogP contribution in [0.2, 0.25) is 0 Å². The van der Waals surface area contributed by atoms with Crippen molar-refractivity contribution in [3.8, 4) is 138 Å². The van der Waals surface area contributed by atoms with Crippen molar-refractivity contribution in [3.63, 3.8) is 0 Å². The van der Waals surface area contributed by atoms with Crippen LogP contribution >= 0.6 is 0 Å². The summed E-state index contributed by atoms with van der Waals surface area (Å²) in [5.41, 5.74) is 16.3. The first-order valence-electron chi connectivity index (χ1n) is 40.8. The lowest BCUT2D eigenvalue weighted by atomic mass is 9.99. The predicted octanol–water partition coefficient (Wildman–Crippen LogP) is 20.1. The van der Waals surface area contributed by atoms with Crippen LogP contribution in [-0.2, 0) is 51.4 Å². The molecule has 0 heterocycles. The number of hydrogen-bond donors (Lipinski definition) is 24. The minimum absolute atomic E-state index is 0.0481. The SMILES string of the molecule is Cc1c(Cc2ccccc2)cc(O)c(O)c1O.Cc1ccc(Cc2c(O)cc(O)cc2O)cc1.Cc1ccc(Cc2ccc(O)c(O)c2O)cc1.Oc1cc(Cc2ccccc2)cc(O)c1O.Oc1cc(O)c(Cc2ccccc2)c(O)c1.Oc1ccc(Cc2ccc(O)c(O)c2)cc1.Oc1ccc(Cc2ccc(O)cc2O)cc1.Oc1ccc(Cc2ccccc2)c(O)c1O. The monoisotopic (exact) mass is 1770 g/mol. The van der Waals surface area contributed by atoms with Crippen molar-refractivity contribution in [1.82, 2.24) is 0 Å². The van der Waals surface area contributed by atoms with Crippen molar-refractivity contribution in [2.45, 2.75) is 72.1 Å². The Balaban J connectivity index is 0.000000169. The molecule has 16 aromatic carbocycles. The molecule has 24 N–H and O–H groups in total. The number of phenols is 24. The third-order valence-electron chi connectivity index (χ3n) is 20.3. The molecule has 0 saturated heterocycles. The highest BCUT2D eigenvalue weighted by Gasteiger charge is 2.18. The number of benzene rings is 16. The van der Waals surface area contributed by atoms with Crippen LogP contribution in [0.5, 0.6) is 138 Å². The molecule has 0 aromatic heterocycles. The quantitative estimate of drug-likeness (QED) is 0.0400. The van der Waals surface area contributed by atoms with Crippen molar-refractivity contribution in [3.05, 3.63) is 427 Å². The summed E-state index contributed by atoms with van der Waals surface area (Å²) in [4.78, 5) is 0. The summed E-state index contributed by atoms with van der Waals surface area (Å²) in [6.45, 7) is 5.72. The van der Waals surface area contributed by atoms with Gasteiger partial charge in [0.25, 0.3) is 0 Å². The summed E-state index contributed by atoms with van der Waals surface area (Å²) < 4.78 is 0. The first kappa shape index (κ1) is 97.5. The van der Waals surface area contributed by atoms with Crippen LogP contribution in [0, 0.1) is 20.8 Å². The lowest BCUT2D eigenvalue weighted by Crippen LogP contribution is -1.92. The second-order valence-electron chi connectivity index (χ2n) is 30.5. The molecule has 131 heavy (non-hydrogen) atoms. The van der Waals surface area contributed by atoms with E-state index in [1.54, 1.807) is 67.6 Å². The number of rotatable bonds is 16. The van der Waals surface area contributed by atoms with E-state index in [9.17, 15) is 97.0 Å². The van der Waals surface area contributed by atoms with Crippen LogP contribution in [0.3, 0.4) is 0 Å². The minimum atomic E-state index is -0.475. The number of aromatic hydroxyl groups is 24. The van der Waals surface area contributed by atoms with Crippen LogP contribution < -0.4 is 0 Å². The van der Waals surface area contributed by atoms with Crippen LogP contribution in [0.1, 0.15) is 106 Å². The zero-order chi connectivity index (χ0) is 95.0. The van der Waals surface area contributed by atoms with E-state index in [0.717, 1.165) is 72.3 Å². The predicted molar refractivity (Wildman–Crippen MR) is 500 cm³/mol. The molecule has 16 aromatic rings. The molecule has 0 bridgehead atoms. The van der Waals surface area contributed by atoms with E-state index in [1.165, 1.54) is 84.4 Å². The van der Waals surface area contributed by atoms with Crippen molar-refractivity contribution < 1.29 is 123 Å². The number of phenolic OH excluding ortho intramolecular Hbond substituents is 24. The Bertz CT molecular complexity index is 6310. The first-order valence-corrected chi connectivity index (χ1v) is 40.8. The molecule has 0 radical (unpaired) electrons. The van der Waals surface area contributed by atoms with Gasteiger partial charge >= 0.3 is 0 Å². The van der Waals surface area contributed by atoms with Gasteiger partial charge in [0.15, 0.2) is 63.2 Å². The Morgan fingerprint density at radius 3 is 0.809 bits per heavy atom. The van der Waals surface area contributed by atoms with Crippen molar-refractivity contribution >= 4 is 0 Å². The van der Waals surface area contributed by atoms with Crippen LogP contribution in [0.4, 0.5) is 0 Å². The molecule has 0 aliphatic rings. The zero-order valence-corrected chi connectivity index (χ0v) is 71.5. The molecule has 24 nitrogen and oxygen atoms in total. The largest absolute Gasteiger partial charge is 0.508 e. The third-order valence-corrected chi connectivity index (χ3v) is 20.3. The zero-order valence-electron chi connectivity index (χ0n) is 71.5. The first-order chi connectivity index (χ1) is 62.5. The van der Waals surface area contributed by atoms with Gasteiger partial charge in [0.2, 0.25) is 17.2 Å².